The Balaban J connectivity index is 4.38. The van der Waals surface area contributed by atoms with Crippen LogP contribution in [0.4, 0.5) is 0 Å². The van der Waals surface area contributed by atoms with E-state index in [0.717, 1.165) is 103 Å². The summed E-state index contributed by atoms with van der Waals surface area (Å²) in [6, 6.07) is 0. The van der Waals surface area contributed by atoms with Gasteiger partial charge in [-0.1, -0.05) is 221 Å². The number of ether oxygens (including phenoxy) is 3. The molecule has 366 valence electrons. The first-order valence-corrected chi connectivity index (χ1v) is 26.6. The molecule has 6 heteroatoms. The summed E-state index contributed by atoms with van der Waals surface area (Å²) >= 11 is 0. The molecule has 1 atom stereocenters. The number of esters is 3. The van der Waals surface area contributed by atoms with Crippen LogP contribution in [-0.2, 0) is 28.6 Å². The topological polar surface area (TPSA) is 78.9 Å². The van der Waals surface area contributed by atoms with E-state index in [-0.39, 0.29) is 31.1 Å². The van der Waals surface area contributed by atoms with Gasteiger partial charge in [0.1, 0.15) is 13.2 Å². The maximum absolute atomic E-state index is 12.8. The Morgan fingerprint density at radius 3 is 1.12 bits per heavy atom. The van der Waals surface area contributed by atoms with Gasteiger partial charge in [0.15, 0.2) is 6.10 Å². The monoisotopic (exact) mass is 891 g/mol. The lowest BCUT2D eigenvalue weighted by molar-refractivity contribution is -0.167. The fraction of sp³-hybridized carbons (Fsp3) is 0.707. The quantitative estimate of drug-likeness (QED) is 0.0199. The van der Waals surface area contributed by atoms with Crippen molar-refractivity contribution in [2.75, 3.05) is 13.2 Å². The predicted molar refractivity (Wildman–Crippen MR) is 274 cm³/mol. The van der Waals surface area contributed by atoms with Crippen LogP contribution in [0.1, 0.15) is 245 Å². The average Bonchev–Trinajstić information content (AvgIpc) is 3.29. The van der Waals surface area contributed by atoms with Gasteiger partial charge in [0.2, 0.25) is 0 Å². The van der Waals surface area contributed by atoms with E-state index in [1.165, 1.54) is 103 Å². The van der Waals surface area contributed by atoms with Crippen molar-refractivity contribution in [3.05, 3.63) is 85.1 Å². The second-order valence-corrected chi connectivity index (χ2v) is 17.5. The summed E-state index contributed by atoms with van der Waals surface area (Å²) in [6.07, 6.45) is 67.1. The predicted octanol–water partition coefficient (Wildman–Crippen LogP) is 17.6. The Labute approximate surface area is 395 Å². The molecule has 0 aliphatic heterocycles. The number of rotatable bonds is 47. The molecule has 0 fully saturated rings. The van der Waals surface area contributed by atoms with Crippen molar-refractivity contribution in [1.82, 2.24) is 0 Å². The number of carbonyl (C=O) groups is 3. The molecule has 64 heavy (non-hydrogen) atoms. The third-order valence-corrected chi connectivity index (χ3v) is 11.2. The minimum Gasteiger partial charge on any atom is -0.462 e. The Bertz CT molecular complexity index is 1250. The molecule has 0 saturated carbocycles. The molecule has 0 rings (SSSR count). The Kier molecular flexibility index (Phi) is 49.4. The second-order valence-electron chi connectivity index (χ2n) is 17.5. The van der Waals surface area contributed by atoms with E-state index in [4.69, 9.17) is 14.2 Å². The Morgan fingerprint density at radius 1 is 0.344 bits per heavy atom. The van der Waals surface area contributed by atoms with Gasteiger partial charge in [0.25, 0.3) is 0 Å². The van der Waals surface area contributed by atoms with E-state index < -0.39 is 6.10 Å². The maximum Gasteiger partial charge on any atom is 0.306 e. The zero-order valence-corrected chi connectivity index (χ0v) is 41.8. The molecular formula is C58H98O6. The Hall–Kier alpha value is -3.41. The van der Waals surface area contributed by atoms with Crippen LogP contribution < -0.4 is 0 Å². The number of hydrogen-bond acceptors (Lipinski definition) is 6. The standard InChI is InChI=1S/C58H98O6/c1-4-7-10-13-16-19-22-25-27-28-29-30-31-34-36-39-42-45-48-51-57(60)63-54-55(53-62-56(59)50-47-44-41-38-35-32-24-21-18-15-12-9-6-3)64-58(61)52-49-46-43-40-37-33-26-23-20-17-14-11-8-5-2/h8-9,11-12,15-22,24-25,55H,4-7,10,13-14,23,26-54H2,1-3H3/b11-8+,12-9+,18-15+,19-16+,20-17+,24-21+,25-22+. The van der Waals surface area contributed by atoms with Gasteiger partial charge in [0, 0.05) is 19.3 Å². The van der Waals surface area contributed by atoms with E-state index >= 15 is 0 Å². The second kappa shape index (κ2) is 52.2. The van der Waals surface area contributed by atoms with Gasteiger partial charge in [-0.3, -0.25) is 14.4 Å². The van der Waals surface area contributed by atoms with Gasteiger partial charge in [-0.05, 0) is 89.9 Å². The van der Waals surface area contributed by atoms with Crippen molar-refractivity contribution >= 4 is 17.9 Å². The number of unbranched alkanes of at least 4 members (excludes halogenated alkanes) is 25. The summed E-state index contributed by atoms with van der Waals surface area (Å²) in [4.78, 5) is 38.0. The van der Waals surface area contributed by atoms with E-state index in [1.807, 2.05) is 0 Å². The molecule has 0 radical (unpaired) electrons. The molecule has 0 aliphatic carbocycles. The minimum atomic E-state index is -0.790. The van der Waals surface area contributed by atoms with E-state index in [2.05, 4.69) is 106 Å². The molecular weight excluding hydrogens is 793 g/mol. The van der Waals surface area contributed by atoms with Crippen molar-refractivity contribution < 1.29 is 28.6 Å². The van der Waals surface area contributed by atoms with Crippen molar-refractivity contribution in [3.8, 4) is 0 Å². The van der Waals surface area contributed by atoms with Gasteiger partial charge in [0.05, 0.1) is 0 Å². The van der Waals surface area contributed by atoms with Crippen LogP contribution in [0, 0.1) is 0 Å². The highest BCUT2D eigenvalue weighted by Gasteiger charge is 2.19. The molecule has 0 aromatic carbocycles. The van der Waals surface area contributed by atoms with Gasteiger partial charge < -0.3 is 14.2 Å². The third kappa shape index (κ3) is 49.6. The fourth-order valence-electron chi connectivity index (χ4n) is 7.24. The molecule has 0 aliphatic rings. The normalized spacial score (nSPS) is 12.7. The summed E-state index contributed by atoms with van der Waals surface area (Å²) in [6.45, 7) is 6.35. The molecule has 1 unspecified atom stereocenters. The summed E-state index contributed by atoms with van der Waals surface area (Å²) in [5, 5.41) is 0. The Morgan fingerprint density at radius 2 is 0.688 bits per heavy atom. The van der Waals surface area contributed by atoms with Gasteiger partial charge in [-0.25, -0.2) is 0 Å². The summed E-state index contributed by atoms with van der Waals surface area (Å²) in [7, 11) is 0. The zero-order valence-electron chi connectivity index (χ0n) is 41.8. The molecule has 0 amide bonds. The smallest absolute Gasteiger partial charge is 0.306 e. The average molecular weight is 891 g/mol. The van der Waals surface area contributed by atoms with Crippen LogP contribution in [0.2, 0.25) is 0 Å². The number of allylic oxidation sites excluding steroid dienone is 14. The first-order valence-electron chi connectivity index (χ1n) is 26.6. The van der Waals surface area contributed by atoms with Crippen molar-refractivity contribution in [2.24, 2.45) is 0 Å². The molecule has 0 aromatic rings. The first-order chi connectivity index (χ1) is 31.5. The summed E-state index contributed by atoms with van der Waals surface area (Å²) in [5.41, 5.74) is 0. The highest BCUT2D eigenvalue weighted by Crippen LogP contribution is 2.15. The van der Waals surface area contributed by atoms with Crippen molar-refractivity contribution in [2.45, 2.75) is 252 Å². The highest BCUT2D eigenvalue weighted by molar-refractivity contribution is 5.71. The first kappa shape index (κ1) is 60.6. The third-order valence-electron chi connectivity index (χ3n) is 11.2. The lowest BCUT2D eigenvalue weighted by Crippen LogP contribution is -2.30. The van der Waals surface area contributed by atoms with Crippen LogP contribution in [-0.4, -0.2) is 37.2 Å². The van der Waals surface area contributed by atoms with Crippen molar-refractivity contribution in [1.29, 1.82) is 0 Å². The highest BCUT2D eigenvalue weighted by atomic mass is 16.6. The van der Waals surface area contributed by atoms with Gasteiger partial charge in [-0.15, -0.1) is 0 Å². The van der Waals surface area contributed by atoms with Crippen LogP contribution in [0.5, 0.6) is 0 Å². The zero-order chi connectivity index (χ0) is 46.5. The number of carbonyl (C=O) groups excluding carboxylic acids is 3. The SMILES string of the molecule is CC/C=C/C=C/C=C/CCCCCCCC(=O)OCC(COC(=O)CCCCCCCCCCCC/C=C/C=C/CCCCC)OC(=O)CCCCCCCCC/C=C/C/C=C/CC. The van der Waals surface area contributed by atoms with Gasteiger partial charge >= 0.3 is 17.9 Å². The van der Waals surface area contributed by atoms with Crippen molar-refractivity contribution in [3.63, 3.8) is 0 Å². The van der Waals surface area contributed by atoms with Crippen LogP contribution >= 0.6 is 0 Å². The molecule has 0 N–H and O–H groups in total. The molecule has 0 heterocycles. The molecule has 0 saturated heterocycles. The van der Waals surface area contributed by atoms with E-state index in [1.54, 1.807) is 0 Å². The molecule has 0 spiro atoms. The van der Waals surface area contributed by atoms with E-state index in [9.17, 15) is 14.4 Å². The summed E-state index contributed by atoms with van der Waals surface area (Å²) in [5.74, 6) is -0.921. The van der Waals surface area contributed by atoms with Gasteiger partial charge in [-0.2, -0.15) is 0 Å². The van der Waals surface area contributed by atoms with Crippen LogP contribution in [0.3, 0.4) is 0 Å². The molecule has 0 aromatic heterocycles. The number of hydrogen-bond donors (Lipinski definition) is 0. The van der Waals surface area contributed by atoms with Crippen LogP contribution in [0.15, 0.2) is 85.1 Å². The molecule has 6 nitrogen and oxygen atoms in total. The largest absolute Gasteiger partial charge is 0.462 e. The maximum atomic E-state index is 12.8. The summed E-state index contributed by atoms with van der Waals surface area (Å²) < 4.78 is 16.8. The minimum absolute atomic E-state index is 0.0887. The van der Waals surface area contributed by atoms with Crippen LogP contribution in [0.25, 0.3) is 0 Å². The fourth-order valence-corrected chi connectivity index (χ4v) is 7.24. The lowest BCUT2D eigenvalue weighted by Gasteiger charge is -2.18. The molecule has 0 bridgehead atoms. The lowest BCUT2D eigenvalue weighted by atomic mass is 10.1. The van der Waals surface area contributed by atoms with E-state index in [0.29, 0.717) is 19.3 Å².